The Morgan fingerprint density at radius 3 is 2.48 bits per heavy atom. The summed E-state index contributed by atoms with van der Waals surface area (Å²) < 4.78 is 0. The Labute approximate surface area is 134 Å². The van der Waals surface area contributed by atoms with Crippen LogP contribution >= 0.6 is 11.3 Å². The number of rotatable bonds is 5. The van der Waals surface area contributed by atoms with Crippen LogP contribution in [0.15, 0.2) is 0 Å². The number of aromatic nitrogens is 1. The van der Waals surface area contributed by atoms with Crippen molar-refractivity contribution in [3.05, 3.63) is 15.6 Å². The number of aryl methyl sites for hydroxylation is 2. The molecule has 1 aliphatic rings. The van der Waals surface area contributed by atoms with E-state index < -0.39 is 0 Å². The fraction of sp³-hybridized carbons (Fsp3) is 0.824. The number of hydrogen-bond donors (Lipinski definition) is 1. The van der Waals surface area contributed by atoms with Crippen LogP contribution in [0.25, 0.3) is 0 Å². The zero-order valence-electron chi connectivity index (χ0n) is 14.5. The summed E-state index contributed by atoms with van der Waals surface area (Å²) in [5.41, 5.74) is 1.48. The first kappa shape index (κ1) is 16.9. The zero-order valence-corrected chi connectivity index (χ0v) is 15.3. The van der Waals surface area contributed by atoms with Crippen LogP contribution in [0, 0.1) is 19.8 Å². The maximum atomic E-state index is 4.75. The topological polar surface area (TPSA) is 28.2 Å². The Balaban J connectivity index is 2.17. The van der Waals surface area contributed by atoms with Gasteiger partial charge in [-0.05, 0) is 32.6 Å². The smallest absolute Gasteiger partial charge is 0.107 e. The second-order valence-corrected chi connectivity index (χ2v) is 8.12. The molecule has 3 nitrogen and oxygen atoms in total. The minimum atomic E-state index is 0.284. The predicted octanol–water partition coefficient (Wildman–Crippen LogP) is 3.75. The minimum Gasteiger partial charge on any atom is -0.308 e. The van der Waals surface area contributed by atoms with Gasteiger partial charge < -0.3 is 5.32 Å². The molecule has 1 atom stereocenters. The molecule has 1 saturated heterocycles. The second kappa shape index (κ2) is 6.76. The molecule has 0 radical (unpaired) electrons. The van der Waals surface area contributed by atoms with E-state index in [1.165, 1.54) is 28.4 Å². The Kier molecular flexibility index (Phi) is 5.44. The largest absolute Gasteiger partial charge is 0.308 e. The maximum absolute atomic E-state index is 4.75. The van der Waals surface area contributed by atoms with Gasteiger partial charge in [0.2, 0.25) is 0 Å². The van der Waals surface area contributed by atoms with E-state index in [1.54, 1.807) is 0 Å². The molecule has 0 saturated carbocycles. The summed E-state index contributed by atoms with van der Waals surface area (Å²) in [4.78, 5) is 8.79. The Hall–Kier alpha value is -0.450. The van der Waals surface area contributed by atoms with E-state index in [2.05, 4.69) is 51.8 Å². The van der Waals surface area contributed by atoms with Crippen molar-refractivity contribution in [3.63, 3.8) is 0 Å². The third-order valence-corrected chi connectivity index (χ3v) is 6.25. The van der Waals surface area contributed by atoms with Crippen molar-refractivity contribution in [2.24, 2.45) is 5.92 Å². The van der Waals surface area contributed by atoms with E-state index in [0.717, 1.165) is 19.6 Å². The third-order valence-electron chi connectivity index (χ3n) is 5.20. The number of nitrogens with one attached hydrogen (secondary N) is 1. The molecule has 21 heavy (non-hydrogen) atoms. The lowest BCUT2D eigenvalue weighted by Gasteiger charge is -2.48. The summed E-state index contributed by atoms with van der Waals surface area (Å²) in [6.45, 7) is 16.8. The first-order chi connectivity index (χ1) is 9.90. The van der Waals surface area contributed by atoms with Gasteiger partial charge in [-0.15, -0.1) is 11.3 Å². The molecule has 0 bridgehead atoms. The molecule has 1 fully saturated rings. The summed E-state index contributed by atoms with van der Waals surface area (Å²) in [6.07, 6.45) is 2.39. The molecular formula is C17H31N3S. The maximum Gasteiger partial charge on any atom is 0.107 e. The van der Waals surface area contributed by atoms with Crippen LogP contribution in [0.2, 0.25) is 0 Å². The molecule has 120 valence electrons. The lowest BCUT2D eigenvalue weighted by atomic mass is 9.86. The van der Waals surface area contributed by atoms with Crippen LogP contribution in [0.3, 0.4) is 0 Å². The van der Waals surface area contributed by atoms with Gasteiger partial charge in [-0.2, -0.15) is 0 Å². The molecule has 0 amide bonds. The van der Waals surface area contributed by atoms with Crippen LogP contribution in [0.5, 0.6) is 0 Å². The molecule has 2 heterocycles. The van der Waals surface area contributed by atoms with E-state index in [-0.39, 0.29) is 5.54 Å². The lowest BCUT2D eigenvalue weighted by molar-refractivity contribution is 0.0442. The second-order valence-electron chi connectivity index (χ2n) is 6.83. The highest BCUT2D eigenvalue weighted by Crippen LogP contribution is 2.28. The molecule has 1 N–H and O–H groups in total. The summed E-state index contributed by atoms with van der Waals surface area (Å²) >= 11 is 1.86. The van der Waals surface area contributed by atoms with Crippen LogP contribution in [-0.2, 0) is 6.54 Å². The Morgan fingerprint density at radius 1 is 1.33 bits per heavy atom. The SMILES string of the molecule is CCC1(CC)CN(Cc2nc(C)c(C)s2)C(C(C)C)CN1. The Bertz CT molecular complexity index is 443. The number of nitrogens with zero attached hydrogens (tertiary/aromatic N) is 2. The average molecular weight is 310 g/mol. The van der Waals surface area contributed by atoms with Gasteiger partial charge >= 0.3 is 0 Å². The van der Waals surface area contributed by atoms with Crippen molar-refractivity contribution in [1.29, 1.82) is 0 Å². The standard InChI is InChI=1S/C17H31N3S/c1-7-17(8-2)11-20(15(9-18-17)12(3)4)10-16-19-13(5)14(6)21-16/h12,15,18H,7-11H2,1-6H3. The van der Waals surface area contributed by atoms with Crippen molar-refractivity contribution in [1.82, 2.24) is 15.2 Å². The molecule has 0 aromatic carbocycles. The summed E-state index contributed by atoms with van der Waals surface area (Å²) in [6, 6.07) is 0.612. The fourth-order valence-electron chi connectivity index (χ4n) is 3.35. The van der Waals surface area contributed by atoms with Crippen molar-refractivity contribution in [3.8, 4) is 0 Å². The first-order valence-corrected chi connectivity index (χ1v) is 9.14. The van der Waals surface area contributed by atoms with Crippen LogP contribution in [-0.4, -0.2) is 34.6 Å². The molecule has 0 aliphatic carbocycles. The zero-order chi connectivity index (χ0) is 15.6. The van der Waals surface area contributed by atoms with Crippen LogP contribution < -0.4 is 5.32 Å². The van der Waals surface area contributed by atoms with Crippen molar-refractivity contribution in [2.45, 2.75) is 72.5 Å². The molecule has 2 rings (SSSR count). The molecule has 1 aromatic rings. The minimum absolute atomic E-state index is 0.284. The van der Waals surface area contributed by atoms with Gasteiger partial charge in [0.25, 0.3) is 0 Å². The molecular weight excluding hydrogens is 278 g/mol. The number of thiazole rings is 1. The van der Waals surface area contributed by atoms with E-state index in [1.807, 2.05) is 11.3 Å². The lowest BCUT2D eigenvalue weighted by Crippen LogP contribution is -2.64. The predicted molar refractivity (Wildman–Crippen MR) is 91.9 cm³/mol. The van der Waals surface area contributed by atoms with E-state index in [0.29, 0.717) is 12.0 Å². The van der Waals surface area contributed by atoms with Crippen molar-refractivity contribution in [2.75, 3.05) is 13.1 Å². The normalized spacial score (nSPS) is 22.9. The van der Waals surface area contributed by atoms with Gasteiger partial charge in [-0.1, -0.05) is 27.7 Å². The number of hydrogen-bond acceptors (Lipinski definition) is 4. The number of piperazine rings is 1. The van der Waals surface area contributed by atoms with Gasteiger partial charge in [0.1, 0.15) is 5.01 Å². The van der Waals surface area contributed by atoms with Gasteiger partial charge in [0, 0.05) is 29.5 Å². The Morgan fingerprint density at radius 2 is 2.00 bits per heavy atom. The molecule has 1 aromatic heterocycles. The van der Waals surface area contributed by atoms with Crippen molar-refractivity contribution < 1.29 is 0 Å². The van der Waals surface area contributed by atoms with Gasteiger partial charge in [-0.3, -0.25) is 4.90 Å². The summed E-state index contributed by atoms with van der Waals surface area (Å²) in [5, 5.41) is 5.11. The fourth-order valence-corrected chi connectivity index (χ4v) is 4.31. The highest BCUT2D eigenvalue weighted by atomic mass is 32.1. The summed E-state index contributed by atoms with van der Waals surface area (Å²) in [7, 11) is 0. The van der Waals surface area contributed by atoms with E-state index >= 15 is 0 Å². The quantitative estimate of drug-likeness (QED) is 0.898. The van der Waals surface area contributed by atoms with Crippen LogP contribution in [0.1, 0.15) is 56.1 Å². The third kappa shape index (κ3) is 3.66. The van der Waals surface area contributed by atoms with E-state index in [9.17, 15) is 0 Å². The van der Waals surface area contributed by atoms with Crippen molar-refractivity contribution >= 4 is 11.3 Å². The highest BCUT2D eigenvalue weighted by molar-refractivity contribution is 7.11. The molecule has 0 spiro atoms. The average Bonchev–Trinajstić information content (AvgIpc) is 2.76. The highest BCUT2D eigenvalue weighted by Gasteiger charge is 2.37. The first-order valence-electron chi connectivity index (χ1n) is 8.32. The summed E-state index contributed by atoms with van der Waals surface area (Å²) in [5.74, 6) is 0.673. The molecule has 4 heteroatoms. The van der Waals surface area contributed by atoms with E-state index in [4.69, 9.17) is 4.98 Å². The molecule has 1 aliphatic heterocycles. The monoisotopic (exact) mass is 309 g/mol. The molecule has 1 unspecified atom stereocenters. The van der Waals surface area contributed by atoms with Crippen LogP contribution in [0.4, 0.5) is 0 Å². The van der Waals surface area contributed by atoms with Gasteiger partial charge in [0.05, 0.1) is 12.2 Å². The van der Waals surface area contributed by atoms with Gasteiger partial charge in [0.15, 0.2) is 0 Å². The van der Waals surface area contributed by atoms with Gasteiger partial charge in [-0.25, -0.2) is 4.98 Å².